The summed E-state index contributed by atoms with van der Waals surface area (Å²) in [6.07, 6.45) is 1.99. The zero-order chi connectivity index (χ0) is 11.1. The van der Waals surface area contributed by atoms with Crippen molar-refractivity contribution < 1.29 is 9.90 Å². The van der Waals surface area contributed by atoms with E-state index in [1.165, 1.54) is 11.3 Å². The number of rotatable bonds is 6. The molecule has 0 aromatic carbocycles. The lowest BCUT2D eigenvalue weighted by Gasteiger charge is -2.20. The molecule has 0 fully saturated rings. The third-order valence-corrected chi connectivity index (χ3v) is 2.68. The zero-order valence-electron chi connectivity index (χ0n) is 8.85. The van der Waals surface area contributed by atoms with Gasteiger partial charge >= 0.3 is 0 Å². The minimum absolute atomic E-state index is 0.000405. The number of hydrogen-bond donors (Lipinski definition) is 1. The number of thiazole rings is 1. The first kappa shape index (κ1) is 12.1. The molecule has 0 aliphatic heterocycles. The van der Waals surface area contributed by atoms with Crippen molar-refractivity contribution in [1.82, 2.24) is 9.88 Å². The maximum Gasteiger partial charge on any atom is 0.273 e. The Balaban J connectivity index is 2.58. The Morgan fingerprint density at radius 1 is 1.60 bits per heavy atom. The molecule has 0 unspecified atom stereocenters. The molecule has 0 saturated heterocycles. The van der Waals surface area contributed by atoms with Gasteiger partial charge in [0.15, 0.2) is 0 Å². The quantitative estimate of drug-likeness (QED) is 0.800. The first-order chi connectivity index (χ1) is 7.29. The van der Waals surface area contributed by atoms with Crippen LogP contribution in [0.3, 0.4) is 0 Å². The van der Waals surface area contributed by atoms with E-state index in [0.29, 0.717) is 18.8 Å². The standard InChI is InChI=1S/C10H16N2O2S/c1-2-3-4-12(5-6-13)10(14)9-7-15-8-11-9/h7-8,13H,2-6H2,1H3. The summed E-state index contributed by atoms with van der Waals surface area (Å²) in [5.41, 5.74) is 2.12. The van der Waals surface area contributed by atoms with Gasteiger partial charge in [-0.2, -0.15) is 0 Å². The number of carbonyl (C=O) groups is 1. The van der Waals surface area contributed by atoms with Crippen molar-refractivity contribution in [2.45, 2.75) is 19.8 Å². The predicted octanol–water partition coefficient (Wildman–Crippen LogP) is 1.38. The summed E-state index contributed by atoms with van der Waals surface area (Å²) in [5, 5.41) is 10.6. The minimum Gasteiger partial charge on any atom is -0.395 e. The van der Waals surface area contributed by atoms with Crippen LogP contribution in [0.15, 0.2) is 10.9 Å². The van der Waals surface area contributed by atoms with E-state index in [1.54, 1.807) is 15.8 Å². The van der Waals surface area contributed by atoms with Gasteiger partial charge in [-0.05, 0) is 6.42 Å². The second kappa shape index (κ2) is 6.53. The van der Waals surface area contributed by atoms with E-state index >= 15 is 0 Å². The molecule has 84 valence electrons. The highest BCUT2D eigenvalue weighted by Gasteiger charge is 2.15. The van der Waals surface area contributed by atoms with Gasteiger partial charge < -0.3 is 10.0 Å². The van der Waals surface area contributed by atoms with E-state index in [2.05, 4.69) is 11.9 Å². The van der Waals surface area contributed by atoms with E-state index in [9.17, 15) is 4.79 Å². The molecular formula is C10H16N2O2S. The number of aromatic nitrogens is 1. The van der Waals surface area contributed by atoms with Gasteiger partial charge in [0.05, 0.1) is 12.1 Å². The average molecular weight is 228 g/mol. The summed E-state index contributed by atoms with van der Waals surface area (Å²) in [6, 6.07) is 0. The molecule has 0 atom stereocenters. The van der Waals surface area contributed by atoms with Crippen LogP contribution in [0.5, 0.6) is 0 Å². The highest BCUT2D eigenvalue weighted by atomic mass is 32.1. The van der Waals surface area contributed by atoms with Crippen LogP contribution < -0.4 is 0 Å². The predicted molar refractivity (Wildman–Crippen MR) is 60.0 cm³/mol. The largest absolute Gasteiger partial charge is 0.395 e. The zero-order valence-corrected chi connectivity index (χ0v) is 9.66. The first-order valence-corrected chi connectivity index (χ1v) is 6.02. The third kappa shape index (κ3) is 3.60. The lowest BCUT2D eigenvalue weighted by Crippen LogP contribution is -2.34. The smallest absolute Gasteiger partial charge is 0.273 e. The van der Waals surface area contributed by atoms with Gasteiger partial charge in [0.1, 0.15) is 5.69 Å². The highest BCUT2D eigenvalue weighted by Crippen LogP contribution is 2.06. The van der Waals surface area contributed by atoms with Gasteiger partial charge in [0.25, 0.3) is 5.91 Å². The normalized spacial score (nSPS) is 10.3. The van der Waals surface area contributed by atoms with Crippen LogP contribution in [0.25, 0.3) is 0 Å². The van der Waals surface area contributed by atoms with Crippen LogP contribution in [0.4, 0.5) is 0 Å². The van der Waals surface area contributed by atoms with Crippen LogP contribution in [-0.4, -0.2) is 40.6 Å². The lowest BCUT2D eigenvalue weighted by molar-refractivity contribution is 0.0714. The lowest BCUT2D eigenvalue weighted by atomic mass is 10.3. The van der Waals surface area contributed by atoms with Crippen molar-refractivity contribution >= 4 is 17.2 Å². The van der Waals surface area contributed by atoms with Crippen LogP contribution in [0, 0.1) is 0 Å². The topological polar surface area (TPSA) is 53.4 Å². The molecule has 15 heavy (non-hydrogen) atoms. The van der Waals surface area contributed by atoms with Gasteiger partial charge in [-0.25, -0.2) is 4.98 Å². The van der Waals surface area contributed by atoms with Crippen molar-refractivity contribution in [1.29, 1.82) is 0 Å². The summed E-state index contributed by atoms with van der Waals surface area (Å²) in [7, 11) is 0. The molecule has 1 aromatic rings. The minimum atomic E-state index is -0.0845. The molecule has 5 heteroatoms. The number of nitrogens with zero attached hydrogens (tertiary/aromatic N) is 2. The molecule has 0 aliphatic rings. The van der Waals surface area contributed by atoms with Crippen LogP contribution in [-0.2, 0) is 0 Å². The molecule has 1 N–H and O–H groups in total. The number of hydrogen-bond acceptors (Lipinski definition) is 4. The van der Waals surface area contributed by atoms with Crippen molar-refractivity contribution in [2.24, 2.45) is 0 Å². The number of aliphatic hydroxyl groups is 1. The fourth-order valence-electron chi connectivity index (χ4n) is 1.26. The molecule has 1 aromatic heterocycles. The first-order valence-electron chi connectivity index (χ1n) is 5.08. The Kier molecular flexibility index (Phi) is 5.28. The van der Waals surface area contributed by atoms with Crippen molar-refractivity contribution in [2.75, 3.05) is 19.7 Å². The molecule has 0 radical (unpaired) electrons. The average Bonchev–Trinajstić information content (AvgIpc) is 2.76. The van der Waals surface area contributed by atoms with E-state index in [0.717, 1.165) is 12.8 Å². The fraction of sp³-hybridized carbons (Fsp3) is 0.600. The molecule has 0 aliphatic carbocycles. The molecule has 0 bridgehead atoms. The Labute approximate surface area is 93.6 Å². The SMILES string of the molecule is CCCCN(CCO)C(=O)c1cscn1. The number of carbonyl (C=O) groups excluding carboxylic acids is 1. The van der Waals surface area contributed by atoms with Crippen molar-refractivity contribution in [3.8, 4) is 0 Å². The summed E-state index contributed by atoms with van der Waals surface area (Å²) < 4.78 is 0. The fourth-order valence-corrected chi connectivity index (χ4v) is 1.79. The van der Waals surface area contributed by atoms with Gasteiger partial charge in [-0.1, -0.05) is 13.3 Å². The Morgan fingerprint density at radius 2 is 2.40 bits per heavy atom. The van der Waals surface area contributed by atoms with Gasteiger partial charge in [-0.15, -0.1) is 11.3 Å². The molecule has 0 spiro atoms. The molecular weight excluding hydrogens is 212 g/mol. The number of unbranched alkanes of at least 4 members (excludes halogenated alkanes) is 1. The Bertz CT molecular complexity index is 288. The third-order valence-electron chi connectivity index (χ3n) is 2.09. The molecule has 0 saturated carbocycles. The van der Waals surface area contributed by atoms with E-state index in [1.807, 2.05) is 0 Å². The summed E-state index contributed by atoms with van der Waals surface area (Å²) in [6.45, 7) is 3.15. The summed E-state index contributed by atoms with van der Waals surface area (Å²) >= 11 is 1.41. The second-order valence-corrected chi connectivity index (χ2v) is 3.96. The number of aliphatic hydroxyl groups excluding tert-OH is 1. The Hall–Kier alpha value is -0.940. The monoisotopic (exact) mass is 228 g/mol. The maximum absolute atomic E-state index is 11.9. The molecule has 1 rings (SSSR count). The summed E-state index contributed by atoms with van der Waals surface area (Å²) in [4.78, 5) is 17.5. The van der Waals surface area contributed by atoms with Crippen LogP contribution >= 0.6 is 11.3 Å². The number of amides is 1. The van der Waals surface area contributed by atoms with Crippen LogP contribution in [0.2, 0.25) is 0 Å². The van der Waals surface area contributed by atoms with Crippen molar-refractivity contribution in [3.63, 3.8) is 0 Å². The van der Waals surface area contributed by atoms with Gasteiger partial charge in [0, 0.05) is 18.5 Å². The highest BCUT2D eigenvalue weighted by molar-refractivity contribution is 7.07. The second-order valence-electron chi connectivity index (χ2n) is 3.24. The molecule has 4 nitrogen and oxygen atoms in total. The van der Waals surface area contributed by atoms with Crippen molar-refractivity contribution in [3.05, 3.63) is 16.6 Å². The summed E-state index contributed by atoms with van der Waals surface area (Å²) in [5.74, 6) is -0.0845. The van der Waals surface area contributed by atoms with Gasteiger partial charge in [-0.3, -0.25) is 4.79 Å². The Morgan fingerprint density at radius 3 is 2.93 bits per heavy atom. The molecule has 1 heterocycles. The van der Waals surface area contributed by atoms with E-state index in [-0.39, 0.29) is 12.5 Å². The van der Waals surface area contributed by atoms with Crippen LogP contribution in [0.1, 0.15) is 30.3 Å². The van der Waals surface area contributed by atoms with E-state index < -0.39 is 0 Å². The van der Waals surface area contributed by atoms with Gasteiger partial charge in [0.2, 0.25) is 0 Å². The maximum atomic E-state index is 11.9. The molecule has 1 amide bonds. The van der Waals surface area contributed by atoms with E-state index in [4.69, 9.17) is 5.11 Å².